The number of hydrogen-bond donors (Lipinski definition) is 2. The van der Waals surface area contributed by atoms with Crippen LogP contribution in [0.2, 0.25) is 5.02 Å². The third kappa shape index (κ3) is 4.85. The number of alkyl halides is 3. The van der Waals surface area contributed by atoms with Gasteiger partial charge < -0.3 is 19.9 Å². The number of aromatic nitrogens is 1. The van der Waals surface area contributed by atoms with Crippen LogP contribution in [0, 0.1) is 5.82 Å². The molecule has 0 spiro atoms. The fourth-order valence-electron chi connectivity index (χ4n) is 3.80. The maximum atomic E-state index is 14.7. The third-order valence-corrected chi connectivity index (χ3v) is 5.66. The molecule has 0 fully saturated rings. The van der Waals surface area contributed by atoms with Crippen molar-refractivity contribution < 1.29 is 41.7 Å². The van der Waals surface area contributed by atoms with E-state index < -0.39 is 35.3 Å². The van der Waals surface area contributed by atoms with Gasteiger partial charge in [-0.3, -0.25) is 9.78 Å². The van der Waals surface area contributed by atoms with Crippen molar-refractivity contribution in [3.8, 4) is 11.5 Å². The molecule has 1 aliphatic heterocycles. The van der Waals surface area contributed by atoms with Crippen LogP contribution in [0.1, 0.15) is 38.4 Å². The largest absolute Gasteiger partial charge is 0.573 e. The first-order valence-electron chi connectivity index (χ1n) is 9.99. The van der Waals surface area contributed by atoms with Gasteiger partial charge in [0.2, 0.25) is 0 Å². The highest BCUT2D eigenvalue weighted by Gasteiger charge is 2.43. The van der Waals surface area contributed by atoms with Crippen molar-refractivity contribution in [2.24, 2.45) is 0 Å². The number of carbonyl (C=O) groups excluding carboxylic acids is 1. The maximum Gasteiger partial charge on any atom is 0.573 e. The molecule has 2 N–H and O–H groups in total. The van der Waals surface area contributed by atoms with E-state index in [-0.39, 0.29) is 46.2 Å². The minimum absolute atomic E-state index is 0.000782. The van der Waals surface area contributed by atoms with Gasteiger partial charge in [0.25, 0.3) is 5.91 Å². The van der Waals surface area contributed by atoms with E-state index in [0.29, 0.717) is 0 Å². The number of aromatic carboxylic acids is 1. The molecule has 2 heterocycles. The lowest BCUT2D eigenvalue weighted by atomic mass is 9.81. The van der Waals surface area contributed by atoms with E-state index in [0.717, 1.165) is 24.3 Å². The molecule has 3 aromatic rings. The molecule has 182 valence electrons. The molecule has 0 aliphatic carbocycles. The Morgan fingerprint density at radius 3 is 2.60 bits per heavy atom. The Kier molecular flexibility index (Phi) is 6.28. The third-order valence-electron chi connectivity index (χ3n) is 5.35. The molecule has 0 bridgehead atoms. The second kappa shape index (κ2) is 9.06. The number of amides is 1. The van der Waals surface area contributed by atoms with Crippen molar-refractivity contribution in [2.75, 3.05) is 6.61 Å². The highest BCUT2D eigenvalue weighted by atomic mass is 35.5. The second-order valence-corrected chi connectivity index (χ2v) is 7.91. The first kappa shape index (κ1) is 24.3. The molecule has 0 saturated heterocycles. The summed E-state index contributed by atoms with van der Waals surface area (Å²) in [5.74, 6) is -4.04. The van der Waals surface area contributed by atoms with Crippen molar-refractivity contribution in [3.63, 3.8) is 0 Å². The van der Waals surface area contributed by atoms with Crippen molar-refractivity contribution in [1.82, 2.24) is 10.3 Å². The predicted octanol–water partition coefficient (Wildman–Crippen LogP) is 4.93. The van der Waals surface area contributed by atoms with Gasteiger partial charge in [-0.05, 0) is 48.0 Å². The summed E-state index contributed by atoms with van der Waals surface area (Å²) < 4.78 is 61.8. The average Bonchev–Trinajstić information content (AvgIpc) is 2.79. The van der Waals surface area contributed by atoms with Crippen LogP contribution in [-0.2, 0) is 5.54 Å². The lowest BCUT2D eigenvalue weighted by Gasteiger charge is -2.39. The number of halogens is 5. The first-order valence-corrected chi connectivity index (χ1v) is 10.4. The summed E-state index contributed by atoms with van der Waals surface area (Å²) in [7, 11) is 0. The van der Waals surface area contributed by atoms with Crippen LogP contribution < -0.4 is 14.8 Å². The molecule has 35 heavy (non-hydrogen) atoms. The van der Waals surface area contributed by atoms with Crippen LogP contribution in [0.5, 0.6) is 11.5 Å². The number of carboxylic acid groups (broad SMARTS) is 1. The molecule has 1 aliphatic rings. The number of nitrogens with zero attached hydrogens (tertiary/aromatic N) is 1. The van der Waals surface area contributed by atoms with Gasteiger partial charge in [0.05, 0.1) is 17.2 Å². The molecule has 4 rings (SSSR count). The minimum Gasteiger partial charge on any atom is -0.491 e. The SMILES string of the molecule is O=C(NC1(c2ccc(OC(F)(F)F)c(F)c2)CCOc2cccnc21)c1ccc(C(=O)O)c(Cl)c1. The normalized spacial score (nSPS) is 17.2. The van der Waals surface area contributed by atoms with Gasteiger partial charge in [-0.2, -0.15) is 0 Å². The monoisotopic (exact) mass is 510 g/mol. The Balaban J connectivity index is 1.79. The summed E-state index contributed by atoms with van der Waals surface area (Å²) in [5.41, 5.74) is -1.41. The fourth-order valence-corrected chi connectivity index (χ4v) is 4.07. The van der Waals surface area contributed by atoms with Gasteiger partial charge in [0.15, 0.2) is 11.6 Å². The Bertz CT molecular complexity index is 1320. The van der Waals surface area contributed by atoms with Gasteiger partial charge >= 0.3 is 12.3 Å². The molecule has 1 aromatic heterocycles. The lowest BCUT2D eigenvalue weighted by molar-refractivity contribution is -0.275. The van der Waals surface area contributed by atoms with E-state index >= 15 is 0 Å². The Hall–Kier alpha value is -3.86. The van der Waals surface area contributed by atoms with Crippen LogP contribution >= 0.6 is 11.6 Å². The summed E-state index contributed by atoms with van der Waals surface area (Å²) in [5, 5.41) is 11.7. The molecule has 1 unspecified atom stereocenters. The molecule has 7 nitrogen and oxygen atoms in total. The molecule has 1 atom stereocenters. The van der Waals surface area contributed by atoms with E-state index in [2.05, 4.69) is 15.0 Å². The molecule has 12 heteroatoms. The van der Waals surface area contributed by atoms with E-state index in [4.69, 9.17) is 21.4 Å². The van der Waals surface area contributed by atoms with Gasteiger partial charge in [-0.15, -0.1) is 13.2 Å². The summed E-state index contributed by atoms with van der Waals surface area (Å²) in [6, 6.07) is 9.56. The van der Waals surface area contributed by atoms with Gasteiger partial charge in [-0.25, -0.2) is 9.18 Å². The highest BCUT2D eigenvalue weighted by molar-refractivity contribution is 6.33. The van der Waals surface area contributed by atoms with Crippen molar-refractivity contribution >= 4 is 23.5 Å². The van der Waals surface area contributed by atoms with Crippen molar-refractivity contribution in [1.29, 1.82) is 0 Å². The molecular formula is C23H15ClF4N2O5. The number of benzene rings is 2. The van der Waals surface area contributed by atoms with E-state index in [1.54, 1.807) is 12.1 Å². The summed E-state index contributed by atoms with van der Waals surface area (Å²) >= 11 is 5.99. The second-order valence-electron chi connectivity index (χ2n) is 7.50. The Morgan fingerprint density at radius 2 is 1.94 bits per heavy atom. The number of nitrogens with one attached hydrogen (secondary N) is 1. The zero-order valence-corrected chi connectivity index (χ0v) is 18.3. The number of ether oxygens (including phenoxy) is 2. The average molecular weight is 511 g/mol. The maximum absolute atomic E-state index is 14.7. The van der Waals surface area contributed by atoms with Crippen LogP contribution in [0.15, 0.2) is 54.7 Å². The standard InChI is InChI=1S/C23H15ClF4N2O5/c24-15-10-12(3-5-14(15)21(32)33)20(31)30-22(7-9-34-18-2-1-8-29-19(18)22)13-4-6-17(16(25)11-13)35-23(26,27)28/h1-6,8,10-11H,7,9H2,(H,30,31)(H,32,33). The Morgan fingerprint density at radius 1 is 1.17 bits per heavy atom. The summed E-state index contributed by atoms with van der Waals surface area (Å²) in [4.78, 5) is 28.7. The summed E-state index contributed by atoms with van der Waals surface area (Å²) in [6.45, 7) is 0.0695. The smallest absolute Gasteiger partial charge is 0.491 e. The Labute approximate surface area is 200 Å². The van der Waals surface area contributed by atoms with Crippen molar-refractivity contribution in [2.45, 2.75) is 18.3 Å². The molecule has 2 aromatic carbocycles. The molecular weight excluding hydrogens is 496 g/mol. The van der Waals surface area contributed by atoms with Crippen LogP contribution in [0.3, 0.4) is 0 Å². The van der Waals surface area contributed by atoms with Crippen LogP contribution in [0.25, 0.3) is 0 Å². The van der Waals surface area contributed by atoms with Crippen LogP contribution in [0.4, 0.5) is 17.6 Å². The van der Waals surface area contributed by atoms with E-state index in [9.17, 15) is 27.2 Å². The predicted molar refractivity (Wildman–Crippen MR) is 114 cm³/mol. The molecule has 0 radical (unpaired) electrons. The number of carboxylic acids is 1. The molecule has 0 saturated carbocycles. The zero-order valence-electron chi connectivity index (χ0n) is 17.5. The van der Waals surface area contributed by atoms with Gasteiger partial charge in [0.1, 0.15) is 17.0 Å². The lowest BCUT2D eigenvalue weighted by Crippen LogP contribution is -2.50. The summed E-state index contributed by atoms with van der Waals surface area (Å²) in [6.07, 6.45) is -3.62. The molecule has 1 amide bonds. The highest BCUT2D eigenvalue weighted by Crippen LogP contribution is 2.42. The van der Waals surface area contributed by atoms with E-state index in [1.807, 2.05) is 0 Å². The quantitative estimate of drug-likeness (QED) is 0.473. The number of hydrogen-bond acceptors (Lipinski definition) is 5. The van der Waals surface area contributed by atoms with E-state index in [1.165, 1.54) is 18.3 Å². The number of pyridine rings is 1. The van der Waals surface area contributed by atoms with Crippen LogP contribution in [-0.4, -0.2) is 34.9 Å². The fraction of sp³-hybridized carbons (Fsp3) is 0.174. The number of rotatable bonds is 5. The minimum atomic E-state index is -5.09. The number of fused-ring (bicyclic) bond motifs is 1. The van der Waals surface area contributed by atoms with Gasteiger partial charge in [0, 0.05) is 18.2 Å². The topological polar surface area (TPSA) is 97.8 Å². The first-order chi connectivity index (χ1) is 16.5. The van der Waals surface area contributed by atoms with Gasteiger partial charge in [-0.1, -0.05) is 17.7 Å². The zero-order chi connectivity index (χ0) is 25.4. The van der Waals surface area contributed by atoms with Crippen molar-refractivity contribution in [3.05, 3.63) is 88.0 Å². The number of carbonyl (C=O) groups is 2.